The number of benzene rings is 1. The van der Waals surface area contributed by atoms with Crippen LogP contribution >= 0.6 is 0 Å². The Morgan fingerprint density at radius 2 is 1.73 bits per heavy atom. The molecule has 0 radical (unpaired) electrons. The second-order valence-electron chi connectivity index (χ2n) is 4.81. The van der Waals surface area contributed by atoms with E-state index in [1.165, 1.54) is 18.0 Å². The van der Waals surface area contributed by atoms with E-state index >= 15 is 0 Å². The molecule has 1 heterocycles. The molecule has 0 aliphatic rings. The molecule has 6 nitrogen and oxygen atoms in total. The summed E-state index contributed by atoms with van der Waals surface area (Å²) >= 11 is 0. The van der Waals surface area contributed by atoms with Crippen LogP contribution in [0.4, 0.5) is 5.69 Å². The molecule has 2 N–H and O–H groups in total. The van der Waals surface area contributed by atoms with E-state index in [1.807, 2.05) is 12.1 Å². The first-order valence-corrected chi connectivity index (χ1v) is 7.06. The van der Waals surface area contributed by atoms with Gasteiger partial charge in [-0.2, -0.15) is 0 Å². The smallest absolute Gasteiger partial charge is 0.356 e. The van der Waals surface area contributed by atoms with Crippen molar-refractivity contribution in [3.8, 4) is 0 Å². The number of nitrogens with one attached hydrogen (secondary N) is 1. The highest BCUT2D eigenvalue weighted by Gasteiger charge is 2.19. The lowest BCUT2D eigenvalue weighted by molar-refractivity contribution is 0.0685. The van der Waals surface area contributed by atoms with Gasteiger partial charge in [0.1, 0.15) is 0 Å². The second kappa shape index (κ2) is 7.31. The fourth-order valence-electron chi connectivity index (χ4n) is 1.99. The number of carboxylic acid groups (broad SMARTS) is 1. The van der Waals surface area contributed by atoms with Crippen molar-refractivity contribution in [1.29, 1.82) is 0 Å². The van der Waals surface area contributed by atoms with Gasteiger partial charge in [0, 0.05) is 18.1 Å². The molecule has 22 heavy (non-hydrogen) atoms. The highest BCUT2D eigenvalue weighted by Crippen LogP contribution is 2.13. The molecule has 114 valence electrons. The lowest BCUT2D eigenvalue weighted by Gasteiger charge is -2.07. The Balaban J connectivity index is 2.10. The van der Waals surface area contributed by atoms with Crippen LogP contribution in [0.15, 0.2) is 36.7 Å². The van der Waals surface area contributed by atoms with Crippen molar-refractivity contribution in [2.45, 2.75) is 26.2 Å². The van der Waals surface area contributed by atoms with E-state index in [0.717, 1.165) is 19.3 Å². The number of amides is 1. The molecule has 0 unspecified atom stereocenters. The molecular weight excluding hydrogens is 282 g/mol. The maximum atomic E-state index is 12.1. The Morgan fingerprint density at radius 1 is 1.09 bits per heavy atom. The lowest BCUT2D eigenvalue weighted by Crippen LogP contribution is -2.19. The summed E-state index contributed by atoms with van der Waals surface area (Å²) in [7, 11) is 0. The summed E-state index contributed by atoms with van der Waals surface area (Å²) < 4.78 is 0. The summed E-state index contributed by atoms with van der Waals surface area (Å²) in [6.07, 6.45) is 5.77. The van der Waals surface area contributed by atoms with Crippen molar-refractivity contribution >= 4 is 17.6 Å². The zero-order valence-electron chi connectivity index (χ0n) is 12.2. The van der Waals surface area contributed by atoms with Crippen LogP contribution in [0.3, 0.4) is 0 Å². The van der Waals surface area contributed by atoms with Crippen LogP contribution in [0.2, 0.25) is 0 Å². The topological polar surface area (TPSA) is 92.2 Å². The van der Waals surface area contributed by atoms with Gasteiger partial charge < -0.3 is 10.4 Å². The van der Waals surface area contributed by atoms with Crippen LogP contribution in [0.1, 0.15) is 46.3 Å². The number of unbranched alkanes of at least 4 members (excludes halogenated alkanes) is 1. The van der Waals surface area contributed by atoms with Gasteiger partial charge in [0.2, 0.25) is 0 Å². The average molecular weight is 299 g/mol. The van der Waals surface area contributed by atoms with Crippen molar-refractivity contribution in [3.05, 3.63) is 53.6 Å². The van der Waals surface area contributed by atoms with Crippen LogP contribution in [0.25, 0.3) is 0 Å². The van der Waals surface area contributed by atoms with Gasteiger partial charge in [0.05, 0.1) is 0 Å². The number of aryl methyl sites for hydroxylation is 1. The van der Waals surface area contributed by atoms with Crippen molar-refractivity contribution < 1.29 is 14.7 Å². The third-order valence-corrected chi connectivity index (χ3v) is 3.15. The number of aromatic nitrogens is 2. The van der Waals surface area contributed by atoms with Crippen molar-refractivity contribution in [3.63, 3.8) is 0 Å². The van der Waals surface area contributed by atoms with Crippen molar-refractivity contribution in [1.82, 2.24) is 9.97 Å². The average Bonchev–Trinajstić information content (AvgIpc) is 2.54. The summed E-state index contributed by atoms with van der Waals surface area (Å²) in [5.74, 6) is -1.88. The van der Waals surface area contributed by atoms with E-state index in [2.05, 4.69) is 22.2 Å². The summed E-state index contributed by atoms with van der Waals surface area (Å²) in [5, 5.41) is 11.6. The molecule has 0 aliphatic carbocycles. The number of carbonyl (C=O) groups excluding carboxylic acids is 1. The third-order valence-electron chi connectivity index (χ3n) is 3.15. The Bertz CT molecular complexity index is 669. The van der Waals surface area contributed by atoms with Gasteiger partial charge in [-0.3, -0.25) is 4.79 Å². The number of anilines is 1. The lowest BCUT2D eigenvalue weighted by atomic mass is 10.1. The molecule has 1 amide bonds. The second-order valence-corrected chi connectivity index (χ2v) is 4.81. The fraction of sp³-hybridized carbons (Fsp3) is 0.250. The number of carboxylic acids is 1. The zero-order valence-corrected chi connectivity index (χ0v) is 12.2. The molecule has 0 spiro atoms. The summed E-state index contributed by atoms with van der Waals surface area (Å²) in [6, 6.07) is 7.47. The summed E-state index contributed by atoms with van der Waals surface area (Å²) in [6.45, 7) is 2.13. The number of hydrogen-bond donors (Lipinski definition) is 2. The van der Waals surface area contributed by atoms with E-state index in [4.69, 9.17) is 5.11 Å². The molecule has 0 saturated carbocycles. The number of carbonyl (C=O) groups is 2. The molecule has 0 atom stereocenters. The predicted molar refractivity (Wildman–Crippen MR) is 82.0 cm³/mol. The van der Waals surface area contributed by atoms with Crippen LogP contribution in [-0.4, -0.2) is 27.0 Å². The summed E-state index contributed by atoms with van der Waals surface area (Å²) in [5.41, 5.74) is 1.22. The first kappa shape index (κ1) is 15.6. The van der Waals surface area contributed by atoms with E-state index in [9.17, 15) is 9.59 Å². The minimum absolute atomic E-state index is 0.204. The van der Waals surface area contributed by atoms with Crippen LogP contribution < -0.4 is 5.32 Å². The molecule has 2 rings (SSSR count). The normalized spacial score (nSPS) is 10.2. The van der Waals surface area contributed by atoms with Gasteiger partial charge in [-0.1, -0.05) is 25.5 Å². The molecule has 1 aromatic carbocycles. The zero-order chi connectivity index (χ0) is 15.9. The maximum absolute atomic E-state index is 12.1. The van der Waals surface area contributed by atoms with Gasteiger partial charge >= 0.3 is 5.97 Å². The molecule has 0 aliphatic heterocycles. The highest BCUT2D eigenvalue weighted by atomic mass is 16.4. The van der Waals surface area contributed by atoms with Crippen LogP contribution in [0.5, 0.6) is 0 Å². The third kappa shape index (κ3) is 3.88. The molecule has 2 aromatic rings. The minimum Gasteiger partial charge on any atom is -0.476 e. The molecule has 0 bridgehead atoms. The first-order valence-electron chi connectivity index (χ1n) is 7.06. The van der Waals surface area contributed by atoms with Crippen LogP contribution in [0, 0.1) is 0 Å². The minimum atomic E-state index is -1.28. The van der Waals surface area contributed by atoms with Crippen LogP contribution in [-0.2, 0) is 6.42 Å². The van der Waals surface area contributed by atoms with Gasteiger partial charge in [0.15, 0.2) is 11.4 Å². The summed E-state index contributed by atoms with van der Waals surface area (Å²) in [4.78, 5) is 30.6. The van der Waals surface area contributed by atoms with E-state index in [-0.39, 0.29) is 11.4 Å². The first-order chi connectivity index (χ1) is 10.6. The van der Waals surface area contributed by atoms with Crippen molar-refractivity contribution in [2.75, 3.05) is 5.32 Å². The standard InChI is InChI=1S/C16H17N3O3/c1-2-3-4-11-5-7-12(8-6-11)19-15(20)13-14(16(21)22)18-10-9-17-13/h5-10H,2-4H2,1H3,(H,19,20)(H,21,22). The number of hydrogen-bond acceptors (Lipinski definition) is 4. The Morgan fingerprint density at radius 3 is 2.32 bits per heavy atom. The highest BCUT2D eigenvalue weighted by molar-refractivity contribution is 6.08. The Labute approximate surface area is 128 Å². The van der Waals surface area contributed by atoms with Gasteiger partial charge in [-0.15, -0.1) is 0 Å². The number of aromatic carboxylic acids is 1. The Hall–Kier alpha value is -2.76. The molecular formula is C16H17N3O3. The van der Waals surface area contributed by atoms with Gasteiger partial charge in [-0.25, -0.2) is 14.8 Å². The Kier molecular flexibility index (Phi) is 5.19. The van der Waals surface area contributed by atoms with E-state index in [1.54, 1.807) is 12.1 Å². The molecule has 0 fully saturated rings. The van der Waals surface area contributed by atoms with E-state index in [0.29, 0.717) is 5.69 Å². The number of nitrogens with zero attached hydrogens (tertiary/aromatic N) is 2. The predicted octanol–water partition coefficient (Wildman–Crippen LogP) is 2.77. The van der Waals surface area contributed by atoms with Gasteiger partial charge in [0.25, 0.3) is 5.91 Å². The molecule has 6 heteroatoms. The fourth-order valence-corrected chi connectivity index (χ4v) is 1.99. The SMILES string of the molecule is CCCCc1ccc(NC(=O)c2nccnc2C(=O)O)cc1. The quantitative estimate of drug-likeness (QED) is 0.855. The molecule has 1 aromatic heterocycles. The molecule has 0 saturated heterocycles. The number of rotatable bonds is 6. The maximum Gasteiger partial charge on any atom is 0.356 e. The monoisotopic (exact) mass is 299 g/mol. The van der Waals surface area contributed by atoms with E-state index < -0.39 is 11.9 Å². The van der Waals surface area contributed by atoms with Crippen molar-refractivity contribution in [2.24, 2.45) is 0 Å². The largest absolute Gasteiger partial charge is 0.476 e. The van der Waals surface area contributed by atoms with Gasteiger partial charge in [-0.05, 0) is 30.5 Å².